The third-order valence-electron chi connectivity index (χ3n) is 3.11. The molecule has 15 heavy (non-hydrogen) atoms. The summed E-state index contributed by atoms with van der Waals surface area (Å²) in [5, 5.41) is 9.88. The van der Waals surface area contributed by atoms with Crippen LogP contribution in [-0.4, -0.2) is 9.67 Å². The molecular formula is C13H17NO. The Morgan fingerprint density at radius 2 is 2.40 bits per heavy atom. The van der Waals surface area contributed by atoms with Gasteiger partial charge in [-0.05, 0) is 39.2 Å². The molecule has 1 atom stereocenters. The summed E-state index contributed by atoms with van der Waals surface area (Å²) in [5.41, 5.74) is 3.62. The molecule has 0 saturated heterocycles. The maximum atomic E-state index is 9.88. The van der Waals surface area contributed by atoms with E-state index in [1.165, 1.54) is 11.4 Å². The SMILES string of the molecule is CC#CCn1c(C)cc2c1CCCC2O. The molecule has 1 N–H and O–H groups in total. The van der Waals surface area contributed by atoms with E-state index in [1.54, 1.807) is 0 Å². The van der Waals surface area contributed by atoms with Gasteiger partial charge < -0.3 is 9.67 Å². The lowest BCUT2D eigenvalue weighted by Gasteiger charge is -2.19. The van der Waals surface area contributed by atoms with Gasteiger partial charge in [-0.3, -0.25) is 0 Å². The average Bonchev–Trinajstić information content (AvgIpc) is 2.54. The van der Waals surface area contributed by atoms with Crippen LogP contribution in [0, 0.1) is 18.8 Å². The van der Waals surface area contributed by atoms with Crippen LogP contribution < -0.4 is 0 Å². The van der Waals surface area contributed by atoms with Gasteiger partial charge in [0, 0.05) is 17.0 Å². The molecule has 0 saturated carbocycles. The summed E-state index contributed by atoms with van der Waals surface area (Å²) in [7, 11) is 0. The fraction of sp³-hybridized carbons (Fsp3) is 0.538. The molecule has 0 aromatic carbocycles. The Kier molecular flexibility index (Phi) is 2.83. The smallest absolute Gasteiger partial charge is 0.0836 e. The summed E-state index contributed by atoms with van der Waals surface area (Å²) in [5.74, 6) is 6.01. The Morgan fingerprint density at radius 3 is 3.13 bits per heavy atom. The van der Waals surface area contributed by atoms with Gasteiger partial charge >= 0.3 is 0 Å². The Balaban J connectivity index is 2.40. The average molecular weight is 203 g/mol. The maximum absolute atomic E-state index is 9.88. The zero-order valence-electron chi connectivity index (χ0n) is 9.38. The van der Waals surface area contributed by atoms with Crippen molar-refractivity contribution in [3.05, 3.63) is 23.0 Å². The number of rotatable bonds is 1. The van der Waals surface area contributed by atoms with E-state index < -0.39 is 0 Å². The lowest BCUT2D eigenvalue weighted by Crippen LogP contribution is -2.12. The van der Waals surface area contributed by atoms with Gasteiger partial charge in [0.15, 0.2) is 0 Å². The van der Waals surface area contributed by atoms with Gasteiger partial charge in [-0.25, -0.2) is 0 Å². The van der Waals surface area contributed by atoms with Crippen LogP contribution in [0.2, 0.25) is 0 Å². The van der Waals surface area contributed by atoms with Crippen molar-refractivity contribution in [2.75, 3.05) is 0 Å². The van der Waals surface area contributed by atoms with Gasteiger partial charge in [0.05, 0.1) is 12.6 Å². The second-order valence-electron chi connectivity index (χ2n) is 4.11. The van der Waals surface area contributed by atoms with Gasteiger partial charge in [-0.1, -0.05) is 5.92 Å². The van der Waals surface area contributed by atoms with E-state index >= 15 is 0 Å². The highest BCUT2D eigenvalue weighted by Crippen LogP contribution is 2.31. The Hall–Kier alpha value is -1.20. The molecule has 2 nitrogen and oxygen atoms in total. The van der Waals surface area contributed by atoms with Gasteiger partial charge in [0.25, 0.3) is 0 Å². The number of nitrogens with zero attached hydrogens (tertiary/aromatic N) is 1. The number of aromatic nitrogens is 1. The van der Waals surface area contributed by atoms with Crippen molar-refractivity contribution in [1.82, 2.24) is 4.57 Å². The van der Waals surface area contributed by atoms with Crippen molar-refractivity contribution in [3.8, 4) is 11.8 Å². The minimum absolute atomic E-state index is 0.261. The first-order chi connectivity index (χ1) is 7.24. The number of fused-ring (bicyclic) bond motifs is 1. The van der Waals surface area contributed by atoms with Crippen molar-refractivity contribution in [1.29, 1.82) is 0 Å². The topological polar surface area (TPSA) is 25.2 Å². The molecule has 2 rings (SSSR count). The van der Waals surface area contributed by atoms with Gasteiger partial charge in [0.2, 0.25) is 0 Å². The monoisotopic (exact) mass is 203 g/mol. The fourth-order valence-corrected chi connectivity index (χ4v) is 2.32. The van der Waals surface area contributed by atoms with Crippen molar-refractivity contribution in [2.24, 2.45) is 0 Å². The molecule has 0 spiro atoms. The number of hydrogen-bond acceptors (Lipinski definition) is 1. The van der Waals surface area contributed by atoms with Crippen molar-refractivity contribution in [2.45, 2.75) is 45.8 Å². The van der Waals surface area contributed by atoms with E-state index in [2.05, 4.69) is 29.4 Å². The maximum Gasteiger partial charge on any atom is 0.0836 e. The van der Waals surface area contributed by atoms with Crippen LogP contribution in [0.15, 0.2) is 6.07 Å². The lowest BCUT2D eigenvalue weighted by atomic mass is 9.95. The van der Waals surface area contributed by atoms with Crippen LogP contribution >= 0.6 is 0 Å². The van der Waals surface area contributed by atoms with Crippen LogP contribution in [0.5, 0.6) is 0 Å². The molecule has 80 valence electrons. The molecule has 1 aliphatic carbocycles. The molecule has 1 aromatic heterocycles. The summed E-state index contributed by atoms with van der Waals surface area (Å²) in [6, 6.07) is 2.11. The molecule has 1 aliphatic rings. The number of aliphatic hydroxyl groups is 1. The Labute approximate surface area is 90.9 Å². The van der Waals surface area contributed by atoms with Crippen molar-refractivity contribution in [3.63, 3.8) is 0 Å². The van der Waals surface area contributed by atoms with Crippen LogP contribution in [0.25, 0.3) is 0 Å². The molecule has 1 heterocycles. The molecule has 0 fully saturated rings. The summed E-state index contributed by atoms with van der Waals surface area (Å²) in [6.07, 6.45) is 2.79. The van der Waals surface area contributed by atoms with E-state index in [4.69, 9.17) is 0 Å². The predicted octanol–water partition coefficient (Wildman–Crippen LogP) is 2.19. The first-order valence-electron chi connectivity index (χ1n) is 5.50. The van der Waals surface area contributed by atoms with Crippen molar-refractivity contribution < 1.29 is 5.11 Å². The van der Waals surface area contributed by atoms with E-state index in [0.29, 0.717) is 0 Å². The zero-order chi connectivity index (χ0) is 10.8. The Bertz CT molecular complexity index is 420. The van der Waals surface area contributed by atoms with E-state index in [0.717, 1.165) is 31.4 Å². The third-order valence-corrected chi connectivity index (χ3v) is 3.11. The second-order valence-corrected chi connectivity index (χ2v) is 4.11. The van der Waals surface area contributed by atoms with Crippen LogP contribution in [0.4, 0.5) is 0 Å². The summed E-state index contributed by atoms with van der Waals surface area (Å²) < 4.78 is 2.23. The highest BCUT2D eigenvalue weighted by molar-refractivity contribution is 5.32. The molecule has 0 aliphatic heterocycles. The van der Waals surface area contributed by atoms with Gasteiger partial charge in [0.1, 0.15) is 0 Å². The molecule has 0 radical (unpaired) electrons. The van der Waals surface area contributed by atoms with E-state index in [1.807, 2.05) is 6.92 Å². The molecule has 1 aromatic rings. The third kappa shape index (κ3) is 1.80. The highest BCUT2D eigenvalue weighted by atomic mass is 16.3. The van der Waals surface area contributed by atoms with Crippen LogP contribution in [0.3, 0.4) is 0 Å². The first kappa shape index (κ1) is 10.3. The summed E-state index contributed by atoms with van der Waals surface area (Å²) in [6.45, 7) is 4.70. The first-order valence-corrected chi connectivity index (χ1v) is 5.50. The number of hydrogen-bond donors (Lipinski definition) is 1. The Morgan fingerprint density at radius 1 is 1.60 bits per heavy atom. The quantitative estimate of drug-likeness (QED) is 0.695. The van der Waals surface area contributed by atoms with E-state index in [9.17, 15) is 5.11 Å². The predicted molar refractivity (Wildman–Crippen MR) is 60.5 cm³/mol. The molecule has 0 bridgehead atoms. The van der Waals surface area contributed by atoms with Crippen LogP contribution in [-0.2, 0) is 13.0 Å². The minimum atomic E-state index is -0.261. The molecule has 1 unspecified atom stereocenters. The molecular weight excluding hydrogens is 186 g/mol. The normalized spacial score (nSPS) is 19.3. The van der Waals surface area contributed by atoms with Gasteiger partial charge in [-0.2, -0.15) is 0 Å². The lowest BCUT2D eigenvalue weighted by molar-refractivity contribution is 0.156. The fourth-order valence-electron chi connectivity index (χ4n) is 2.32. The van der Waals surface area contributed by atoms with Crippen LogP contribution in [0.1, 0.15) is 42.8 Å². The minimum Gasteiger partial charge on any atom is -0.388 e. The van der Waals surface area contributed by atoms with Crippen molar-refractivity contribution >= 4 is 0 Å². The summed E-state index contributed by atoms with van der Waals surface area (Å²) in [4.78, 5) is 0. The second kappa shape index (κ2) is 4.12. The number of aliphatic hydroxyl groups excluding tert-OH is 1. The largest absolute Gasteiger partial charge is 0.388 e. The standard InChI is InChI=1S/C13H17NO/c1-3-4-8-14-10(2)9-11-12(14)6-5-7-13(11)15/h9,13,15H,5-8H2,1-2H3. The summed E-state index contributed by atoms with van der Waals surface area (Å²) >= 11 is 0. The number of aryl methyl sites for hydroxylation is 1. The molecule has 0 amide bonds. The highest BCUT2D eigenvalue weighted by Gasteiger charge is 2.22. The van der Waals surface area contributed by atoms with E-state index in [-0.39, 0.29) is 6.10 Å². The van der Waals surface area contributed by atoms with Gasteiger partial charge in [-0.15, -0.1) is 5.92 Å². The molecule has 2 heteroatoms. The zero-order valence-corrected chi connectivity index (χ0v) is 9.38.